The average molecular weight is 362 g/mol. The zero-order valence-electron chi connectivity index (χ0n) is 13.5. The van der Waals surface area contributed by atoms with Gasteiger partial charge >= 0.3 is 6.03 Å². The summed E-state index contributed by atoms with van der Waals surface area (Å²) in [6, 6.07) is 4.59. The molecule has 1 aliphatic heterocycles. The molecule has 3 rings (SSSR count). The molecule has 2 heterocycles. The van der Waals surface area contributed by atoms with Gasteiger partial charge < -0.3 is 10.6 Å². The fourth-order valence-electron chi connectivity index (χ4n) is 2.53. The van der Waals surface area contributed by atoms with Gasteiger partial charge in [-0.3, -0.25) is 14.5 Å². The van der Waals surface area contributed by atoms with Crippen LogP contribution < -0.4 is 10.6 Å². The molecule has 130 valence electrons. The third-order valence-electron chi connectivity index (χ3n) is 3.87. The van der Waals surface area contributed by atoms with Gasteiger partial charge in [-0.2, -0.15) is 0 Å². The normalized spacial score (nSPS) is 19.9. The number of rotatable bonds is 4. The molecule has 1 atom stereocenters. The fraction of sp³-hybridized carbons (Fsp3) is 0.250. The molecule has 1 saturated heterocycles. The molecular formula is C16H15FN4O3S. The van der Waals surface area contributed by atoms with Crippen LogP contribution in [-0.2, 0) is 15.1 Å². The number of hydrogen-bond donors (Lipinski definition) is 2. The molecule has 25 heavy (non-hydrogen) atoms. The lowest BCUT2D eigenvalue weighted by atomic mass is 9.92. The monoisotopic (exact) mass is 362 g/mol. The summed E-state index contributed by atoms with van der Waals surface area (Å²) >= 11 is 1.29. The number of aromatic nitrogens is 1. The molecule has 2 aromatic rings. The number of aryl methyl sites for hydroxylation is 1. The fourth-order valence-corrected chi connectivity index (χ4v) is 3.22. The number of carbonyl (C=O) groups is 3. The molecule has 0 bridgehead atoms. The van der Waals surface area contributed by atoms with Crippen LogP contribution in [0.2, 0.25) is 0 Å². The van der Waals surface area contributed by atoms with Crippen LogP contribution in [0.3, 0.4) is 0 Å². The van der Waals surface area contributed by atoms with E-state index in [1.165, 1.54) is 42.5 Å². The standard InChI is InChI=1S/C16H15FN4O3S/c1-9-7-18-14(25-9)19-12(22)8-21-13(23)16(2,20-15(21)24)10-3-5-11(17)6-4-10/h3-7H,8H2,1-2H3,(H,20,24)(H,18,19,22)/t16-/m1/s1. The minimum absolute atomic E-state index is 0.399. The molecule has 7 nitrogen and oxygen atoms in total. The Morgan fingerprint density at radius 1 is 1.36 bits per heavy atom. The Kier molecular flexibility index (Phi) is 4.25. The lowest BCUT2D eigenvalue weighted by molar-refractivity contribution is -0.133. The summed E-state index contributed by atoms with van der Waals surface area (Å²) in [6.45, 7) is 2.93. The van der Waals surface area contributed by atoms with E-state index in [1.807, 2.05) is 6.92 Å². The van der Waals surface area contributed by atoms with Crippen molar-refractivity contribution in [2.75, 3.05) is 11.9 Å². The molecule has 0 unspecified atom stereocenters. The predicted octanol–water partition coefficient (Wildman–Crippen LogP) is 2.00. The molecule has 0 aliphatic carbocycles. The van der Waals surface area contributed by atoms with Gasteiger partial charge in [0, 0.05) is 11.1 Å². The first-order valence-corrected chi connectivity index (χ1v) is 8.23. The highest BCUT2D eigenvalue weighted by atomic mass is 32.1. The minimum atomic E-state index is -1.34. The maximum atomic E-state index is 13.1. The quantitative estimate of drug-likeness (QED) is 0.814. The van der Waals surface area contributed by atoms with E-state index in [0.717, 1.165) is 9.78 Å². The number of imide groups is 1. The van der Waals surface area contributed by atoms with Crippen molar-refractivity contribution in [2.45, 2.75) is 19.4 Å². The number of carbonyl (C=O) groups excluding carboxylic acids is 3. The molecule has 1 fully saturated rings. The van der Waals surface area contributed by atoms with E-state index in [9.17, 15) is 18.8 Å². The lowest BCUT2D eigenvalue weighted by Crippen LogP contribution is -2.42. The molecule has 9 heteroatoms. The van der Waals surface area contributed by atoms with E-state index < -0.39 is 35.7 Å². The van der Waals surface area contributed by atoms with E-state index in [-0.39, 0.29) is 0 Å². The van der Waals surface area contributed by atoms with Crippen LogP contribution in [0, 0.1) is 12.7 Å². The van der Waals surface area contributed by atoms with Gasteiger partial charge in [0.15, 0.2) is 5.13 Å². The number of nitrogens with zero attached hydrogens (tertiary/aromatic N) is 2. The molecule has 0 saturated carbocycles. The summed E-state index contributed by atoms with van der Waals surface area (Å²) in [5.41, 5.74) is -0.909. The number of halogens is 1. The van der Waals surface area contributed by atoms with Gasteiger partial charge in [0.2, 0.25) is 5.91 Å². The molecule has 0 radical (unpaired) electrons. The van der Waals surface area contributed by atoms with Gasteiger partial charge in [-0.1, -0.05) is 12.1 Å². The van der Waals surface area contributed by atoms with Crippen molar-refractivity contribution in [1.29, 1.82) is 0 Å². The Labute approximate surface area is 146 Å². The second-order valence-corrected chi connectivity index (χ2v) is 7.01. The zero-order valence-corrected chi connectivity index (χ0v) is 14.3. The minimum Gasteiger partial charge on any atom is -0.319 e. The maximum absolute atomic E-state index is 13.1. The Morgan fingerprint density at radius 3 is 2.64 bits per heavy atom. The van der Waals surface area contributed by atoms with E-state index in [0.29, 0.717) is 10.7 Å². The third kappa shape index (κ3) is 3.22. The van der Waals surface area contributed by atoms with E-state index in [1.54, 1.807) is 6.20 Å². The van der Waals surface area contributed by atoms with Gasteiger partial charge in [-0.05, 0) is 31.5 Å². The van der Waals surface area contributed by atoms with Crippen molar-refractivity contribution in [3.8, 4) is 0 Å². The highest BCUT2D eigenvalue weighted by Crippen LogP contribution is 2.29. The van der Waals surface area contributed by atoms with Crippen molar-refractivity contribution in [2.24, 2.45) is 0 Å². The molecule has 1 aromatic carbocycles. The summed E-state index contributed by atoms with van der Waals surface area (Å²) in [7, 11) is 0. The van der Waals surface area contributed by atoms with Crippen LogP contribution in [0.25, 0.3) is 0 Å². The second-order valence-electron chi connectivity index (χ2n) is 5.78. The summed E-state index contributed by atoms with van der Waals surface area (Å²) in [5.74, 6) is -1.55. The SMILES string of the molecule is Cc1cnc(NC(=O)CN2C(=O)N[C@](C)(c3ccc(F)cc3)C2=O)s1. The van der Waals surface area contributed by atoms with E-state index in [2.05, 4.69) is 15.6 Å². The molecule has 1 aromatic heterocycles. The Balaban J connectivity index is 1.74. The van der Waals surface area contributed by atoms with Crippen LogP contribution in [-0.4, -0.2) is 34.3 Å². The molecule has 4 amide bonds. The maximum Gasteiger partial charge on any atom is 0.325 e. The lowest BCUT2D eigenvalue weighted by Gasteiger charge is -2.22. The highest BCUT2D eigenvalue weighted by molar-refractivity contribution is 7.15. The van der Waals surface area contributed by atoms with Crippen LogP contribution in [0.5, 0.6) is 0 Å². The molecular weight excluding hydrogens is 347 g/mol. The molecule has 1 aliphatic rings. The zero-order chi connectivity index (χ0) is 18.2. The van der Waals surface area contributed by atoms with Crippen LogP contribution in [0.1, 0.15) is 17.4 Å². The third-order valence-corrected chi connectivity index (χ3v) is 4.69. The van der Waals surface area contributed by atoms with Crippen LogP contribution in [0.15, 0.2) is 30.5 Å². The summed E-state index contributed by atoms with van der Waals surface area (Å²) in [4.78, 5) is 42.7. The van der Waals surface area contributed by atoms with Gasteiger partial charge in [0.25, 0.3) is 5.91 Å². The smallest absolute Gasteiger partial charge is 0.319 e. The van der Waals surface area contributed by atoms with Gasteiger partial charge in [0.1, 0.15) is 17.9 Å². The molecule has 0 spiro atoms. The number of nitrogens with one attached hydrogen (secondary N) is 2. The van der Waals surface area contributed by atoms with Crippen LogP contribution >= 0.6 is 11.3 Å². The Hall–Kier alpha value is -2.81. The predicted molar refractivity (Wildman–Crippen MR) is 89.5 cm³/mol. The second kappa shape index (κ2) is 6.25. The van der Waals surface area contributed by atoms with Crippen molar-refractivity contribution < 1.29 is 18.8 Å². The average Bonchev–Trinajstić information content (AvgIpc) is 3.05. The Bertz CT molecular complexity index is 851. The van der Waals surface area contributed by atoms with Gasteiger partial charge in [-0.15, -0.1) is 11.3 Å². The van der Waals surface area contributed by atoms with Crippen molar-refractivity contribution >= 4 is 34.3 Å². The van der Waals surface area contributed by atoms with E-state index >= 15 is 0 Å². The highest BCUT2D eigenvalue weighted by Gasteiger charge is 2.49. The van der Waals surface area contributed by atoms with E-state index in [4.69, 9.17) is 0 Å². The summed E-state index contributed by atoms with van der Waals surface area (Å²) < 4.78 is 13.1. The number of amides is 4. The van der Waals surface area contributed by atoms with Crippen molar-refractivity contribution in [3.63, 3.8) is 0 Å². The number of thiazole rings is 1. The molecule has 2 N–H and O–H groups in total. The largest absolute Gasteiger partial charge is 0.325 e. The number of urea groups is 1. The first kappa shape index (κ1) is 17.0. The Morgan fingerprint density at radius 2 is 2.04 bits per heavy atom. The number of benzene rings is 1. The number of anilines is 1. The summed E-state index contributed by atoms with van der Waals surface area (Å²) in [5, 5.41) is 5.51. The summed E-state index contributed by atoms with van der Waals surface area (Å²) in [6.07, 6.45) is 1.61. The first-order valence-electron chi connectivity index (χ1n) is 7.42. The van der Waals surface area contributed by atoms with Gasteiger partial charge in [0.05, 0.1) is 0 Å². The first-order chi connectivity index (χ1) is 11.8. The van der Waals surface area contributed by atoms with Gasteiger partial charge in [-0.25, -0.2) is 14.2 Å². The number of hydrogen-bond acceptors (Lipinski definition) is 5. The van der Waals surface area contributed by atoms with Crippen LogP contribution in [0.4, 0.5) is 14.3 Å². The topological polar surface area (TPSA) is 91.4 Å². The van der Waals surface area contributed by atoms with Crippen molar-refractivity contribution in [1.82, 2.24) is 15.2 Å². The van der Waals surface area contributed by atoms with Crippen molar-refractivity contribution in [3.05, 3.63) is 46.7 Å².